The van der Waals surface area contributed by atoms with Gasteiger partial charge in [-0.3, -0.25) is 0 Å². The zero-order valence-electron chi connectivity index (χ0n) is 13.6. The zero-order valence-corrected chi connectivity index (χ0v) is 13.6. The molecule has 0 amide bonds. The summed E-state index contributed by atoms with van der Waals surface area (Å²) in [7, 11) is 0. The first-order chi connectivity index (χ1) is 9.97. The van der Waals surface area contributed by atoms with E-state index in [1.54, 1.807) is 0 Å². The van der Waals surface area contributed by atoms with Crippen molar-refractivity contribution in [2.45, 2.75) is 53.1 Å². The monoisotopic (exact) mass is 289 g/mol. The summed E-state index contributed by atoms with van der Waals surface area (Å²) in [6.07, 6.45) is 1.66. The second-order valence-corrected chi connectivity index (χ2v) is 6.67. The molecule has 2 rings (SSSR count). The van der Waals surface area contributed by atoms with E-state index in [1.807, 2.05) is 12.1 Å². The van der Waals surface area contributed by atoms with Crippen LogP contribution in [0.15, 0.2) is 28.7 Å². The Labute approximate surface area is 127 Å². The van der Waals surface area contributed by atoms with E-state index < -0.39 is 0 Å². The molecule has 21 heavy (non-hydrogen) atoms. The molecule has 0 saturated carbocycles. The molecule has 0 spiro atoms. The van der Waals surface area contributed by atoms with Crippen molar-refractivity contribution >= 4 is 11.0 Å². The van der Waals surface area contributed by atoms with Crippen LogP contribution in [0.4, 0.5) is 0 Å². The van der Waals surface area contributed by atoms with Gasteiger partial charge < -0.3 is 14.8 Å². The number of para-hydroxylation sites is 1. The van der Waals surface area contributed by atoms with Gasteiger partial charge in [0.1, 0.15) is 11.3 Å². The van der Waals surface area contributed by atoms with E-state index in [0.717, 1.165) is 30.7 Å². The van der Waals surface area contributed by atoms with Crippen LogP contribution in [0.5, 0.6) is 0 Å². The minimum atomic E-state index is 0.120. The van der Waals surface area contributed by atoms with Crippen molar-refractivity contribution in [2.24, 2.45) is 5.41 Å². The molecule has 2 aromatic rings. The molecule has 1 aromatic heterocycles. The minimum Gasteiger partial charge on any atom is -0.461 e. The van der Waals surface area contributed by atoms with Crippen molar-refractivity contribution in [2.75, 3.05) is 6.61 Å². The average Bonchev–Trinajstić information content (AvgIpc) is 2.80. The second kappa shape index (κ2) is 6.63. The molecule has 0 aliphatic carbocycles. The van der Waals surface area contributed by atoms with Gasteiger partial charge >= 0.3 is 0 Å². The van der Waals surface area contributed by atoms with Gasteiger partial charge in [-0.15, -0.1) is 0 Å². The van der Waals surface area contributed by atoms with Crippen LogP contribution >= 0.6 is 0 Å². The van der Waals surface area contributed by atoms with Gasteiger partial charge in [0.15, 0.2) is 0 Å². The highest BCUT2D eigenvalue weighted by molar-refractivity contribution is 5.82. The van der Waals surface area contributed by atoms with Crippen molar-refractivity contribution in [1.82, 2.24) is 5.32 Å². The van der Waals surface area contributed by atoms with Crippen LogP contribution in [0.1, 0.15) is 45.4 Å². The van der Waals surface area contributed by atoms with E-state index in [0.29, 0.717) is 0 Å². The number of aliphatic hydroxyl groups excluding tert-OH is 1. The summed E-state index contributed by atoms with van der Waals surface area (Å²) in [6.45, 7) is 9.72. The molecular weight excluding hydrogens is 262 g/mol. The molecule has 2 N–H and O–H groups in total. The number of aliphatic hydroxyl groups is 1. The first-order valence-electron chi connectivity index (χ1n) is 7.81. The zero-order chi connectivity index (χ0) is 15.5. The second-order valence-electron chi connectivity index (χ2n) is 6.67. The topological polar surface area (TPSA) is 45.4 Å². The van der Waals surface area contributed by atoms with E-state index in [2.05, 4.69) is 45.1 Å². The molecule has 0 aliphatic heterocycles. The minimum absolute atomic E-state index is 0.120. The molecule has 0 bridgehead atoms. The lowest BCUT2D eigenvalue weighted by Gasteiger charge is -2.31. The van der Waals surface area contributed by atoms with Gasteiger partial charge in [0.05, 0.1) is 0 Å². The highest BCUT2D eigenvalue weighted by Gasteiger charge is 2.24. The van der Waals surface area contributed by atoms with Crippen LogP contribution < -0.4 is 5.32 Å². The Morgan fingerprint density at radius 1 is 1.24 bits per heavy atom. The molecule has 0 radical (unpaired) electrons. The molecule has 1 heterocycles. The average molecular weight is 289 g/mol. The van der Waals surface area contributed by atoms with Gasteiger partial charge in [-0.1, -0.05) is 45.9 Å². The molecule has 1 aromatic carbocycles. The fraction of sp³-hybridized carbons (Fsp3) is 0.556. The number of hydrogen-bond acceptors (Lipinski definition) is 3. The summed E-state index contributed by atoms with van der Waals surface area (Å²) in [5.41, 5.74) is 2.33. The number of rotatable bonds is 6. The SMILES string of the molecule is CCc1oc2ccccc2c1CNC(CCO)C(C)(C)C. The van der Waals surface area contributed by atoms with Crippen molar-refractivity contribution in [3.63, 3.8) is 0 Å². The Morgan fingerprint density at radius 3 is 2.57 bits per heavy atom. The van der Waals surface area contributed by atoms with Crippen LogP contribution in [0.25, 0.3) is 11.0 Å². The lowest BCUT2D eigenvalue weighted by molar-refractivity contribution is 0.196. The van der Waals surface area contributed by atoms with Gasteiger partial charge in [0, 0.05) is 36.6 Å². The highest BCUT2D eigenvalue weighted by atomic mass is 16.3. The molecule has 1 atom stereocenters. The smallest absolute Gasteiger partial charge is 0.134 e. The van der Waals surface area contributed by atoms with E-state index >= 15 is 0 Å². The molecule has 3 heteroatoms. The third-order valence-electron chi connectivity index (χ3n) is 4.09. The Bertz CT molecular complexity index is 580. The number of fused-ring (bicyclic) bond motifs is 1. The summed E-state index contributed by atoms with van der Waals surface area (Å²) >= 11 is 0. The summed E-state index contributed by atoms with van der Waals surface area (Å²) in [5.74, 6) is 1.06. The fourth-order valence-corrected chi connectivity index (χ4v) is 2.82. The van der Waals surface area contributed by atoms with Crippen LogP contribution in [0.3, 0.4) is 0 Å². The first-order valence-corrected chi connectivity index (χ1v) is 7.81. The van der Waals surface area contributed by atoms with E-state index in [1.165, 1.54) is 10.9 Å². The number of hydrogen-bond donors (Lipinski definition) is 2. The predicted octanol–water partition coefficient (Wildman–Crippen LogP) is 3.88. The Balaban J connectivity index is 2.22. The normalized spacial score (nSPS) is 13.8. The van der Waals surface area contributed by atoms with Gasteiger partial charge in [-0.05, 0) is 17.9 Å². The number of nitrogens with one attached hydrogen (secondary N) is 1. The lowest BCUT2D eigenvalue weighted by Crippen LogP contribution is -2.40. The molecule has 0 fully saturated rings. The summed E-state index contributed by atoms with van der Waals surface area (Å²) < 4.78 is 5.94. The van der Waals surface area contributed by atoms with Crippen molar-refractivity contribution in [1.29, 1.82) is 0 Å². The third kappa shape index (κ3) is 3.66. The molecule has 3 nitrogen and oxygen atoms in total. The highest BCUT2D eigenvalue weighted by Crippen LogP contribution is 2.28. The van der Waals surface area contributed by atoms with Gasteiger partial charge in [-0.25, -0.2) is 0 Å². The Morgan fingerprint density at radius 2 is 1.95 bits per heavy atom. The third-order valence-corrected chi connectivity index (χ3v) is 4.09. The summed E-state index contributed by atoms with van der Waals surface area (Å²) in [6, 6.07) is 8.48. The summed E-state index contributed by atoms with van der Waals surface area (Å²) in [5, 5.41) is 14.1. The quantitative estimate of drug-likeness (QED) is 0.848. The van der Waals surface area contributed by atoms with Gasteiger partial charge in [0.2, 0.25) is 0 Å². The Kier molecular flexibility index (Phi) is 5.07. The summed E-state index contributed by atoms with van der Waals surface area (Å²) in [4.78, 5) is 0. The van der Waals surface area contributed by atoms with E-state index in [4.69, 9.17) is 4.42 Å². The number of benzene rings is 1. The number of furan rings is 1. The van der Waals surface area contributed by atoms with Crippen molar-refractivity contribution in [3.05, 3.63) is 35.6 Å². The lowest BCUT2D eigenvalue weighted by atomic mass is 9.85. The maximum absolute atomic E-state index is 9.27. The van der Waals surface area contributed by atoms with Gasteiger partial charge in [-0.2, -0.15) is 0 Å². The molecular formula is C18H27NO2. The number of aryl methyl sites for hydroxylation is 1. The molecule has 0 saturated heterocycles. The first kappa shape index (κ1) is 16.1. The maximum atomic E-state index is 9.27. The van der Waals surface area contributed by atoms with Crippen LogP contribution in [-0.4, -0.2) is 17.8 Å². The van der Waals surface area contributed by atoms with E-state index in [9.17, 15) is 5.11 Å². The van der Waals surface area contributed by atoms with Crippen molar-refractivity contribution in [3.8, 4) is 0 Å². The molecule has 116 valence electrons. The van der Waals surface area contributed by atoms with Crippen molar-refractivity contribution < 1.29 is 9.52 Å². The fourth-order valence-electron chi connectivity index (χ4n) is 2.82. The standard InChI is InChI=1S/C18H27NO2/c1-5-15-14(13-8-6-7-9-16(13)21-15)12-19-17(10-11-20)18(2,3)4/h6-9,17,19-20H,5,10-12H2,1-4H3. The van der Waals surface area contributed by atoms with Crippen LogP contribution in [-0.2, 0) is 13.0 Å². The molecule has 1 unspecified atom stereocenters. The predicted molar refractivity (Wildman–Crippen MR) is 87.4 cm³/mol. The van der Waals surface area contributed by atoms with Gasteiger partial charge in [0.25, 0.3) is 0 Å². The van der Waals surface area contributed by atoms with Crippen LogP contribution in [0.2, 0.25) is 0 Å². The van der Waals surface area contributed by atoms with Crippen LogP contribution in [0, 0.1) is 5.41 Å². The molecule has 0 aliphatic rings. The maximum Gasteiger partial charge on any atom is 0.134 e. The Hall–Kier alpha value is -1.32. The largest absolute Gasteiger partial charge is 0.461 e. The van der Waals surface area contributed by atoms with E-state index in [-0.39, 0.29) is 18.1 Å².